The van der Waals surface area contributed by atoms with Crippen molar-refractivity contribution in [2.45, 2.75) is 45.1 Å². The van der Waals surface area contributed by atoms with Gasteiger partial charge < -0.3 is 15.0 Å². The van der Waals surface area contributed by atoms with Gasteiger partial charge >= 0.3 is 0 Å². The SMILES string of the molecule is CCCCC(=O)NC1CCN(C(=O)COc2ccc(Cl)cc2)CC1. The molecule has 2 rings (SSSR count). The van der Waals surface area contributed by atoms with Crippen molar-refractivity contribution in [2.75, 3.05) is 19.7 Å². The molecule has 0 aromatic heterocycles. The number of nitrogens with zero attached hydrogens (tertiary/aromatic N) is 1. The zero-order chi connectivity index (χ0) is 17.4. The average molecular weight is 353 g/mol. The third-order valence-electron chi connectivity index (χ3n) is 4.15. The number of rotatable bonds is 7. The lowest BCUT2D eigenvalue weighted by Gasteiger charge is -2.32. The second-order valence-corrected chi connectivity index (χ2v) is 6.51. The Kier molecular flexibility index (Phi) is 7.37. The predicted molar refractivity (Wildman–Crippen MR) is 94.2 cm³/mol. The van der Waals surface area contributed by atoms with E-state index in [4.69, 9.17) is 16.3 Å². The van der Waals surface area contributed by atoms with Gasteiger partial charge in [0.2, 0.25) is 5.91 Å². The number of halogens is 1. The maximum Gasteiger partial charge on any atom is 0.260 e. The fourth-order valence-corrected chi connectivity index (χ4v) is 2.80. The first-order valence-corrected chi connectivity index (χ1v) is 8.91. The quantitative estimate of drug-likeness (QED) is 0.820. The average Bonchev–Trinajstić information content (AvgIpc) is 2.60. The van der Waals surface area contributed by atoms with Crippen molar-refractivity contribution >= 4 is 23.4 Å². The molecule has 1 aromatic rings. The smallest absolute Gasteiger partial charge is 0.260 e. The molecule has 1 N–H and O–H groups in total. The maximum atomic E-state index is 12.2. The normalized spacial score (nSPS) is 15.2. The molecule has 0 atom stereocenters. The van der Waals surface area contributed by atoms with Crippen LogP contribution in [-0.4, -0.2) is 42.5 Å². The Bertz CT molecular complexity index is 540. The second-order valence-electron chi connectivity index (χ2n) is 6.07. The van der Waals surface area contributed by atoms with Crippen LogP contribution < -0.4 is 10.1 Å². The van der Waals surface area contributed by atoms with Gasteiger partial charge in [0.15, 0.2) is 6.61 Å². The van der Waals surface area contributed by atoms with Crippen molar-refractivity contribution in [1.82, 2.24) is 10.2 Å². The van der Waals surface area contributed by atoms with Crippen LogP contribution in [0.5, 0.6) is 5.75 Å². The van der Waals surface area contributed by atoms with Gasteiger partial charge in [-0.2, -0.15) is 0 Å². The molecule has 1 saturated heterocycles. The van der Waals surface area contributed by atoms with Gasteiger partial charge in [-0.25, -0.2) is 0 Å². The van der Waals surface area contributed by atoms with Crippen LogP contribution in [0.15, 0.2) is 24.3 Å². The predicted octanol–water partition coefficient (Wildman–Crippen LogP) is 3.02. The van der Waals surface area contributed by atoms with E-state index >= 15 is 0 Å². The lowest BCUT2D eigenvalue weighted by Crippen LogP contribution is -2.47. The third kappa shape index (κ3) is 6.04. The molecular weight excluding hydrogens is 328 g/mol. The molecule has 1 fully saturated rings. The van der Waals surface area contributed by atoms with Crippen LogP contribution in [0, 0.1) is 0 Å². The summed E-state index contributed by atoms with van der Waals surface area (Å²) in [6.07, 6.45) is 4.12. The monoisotopic (exact) mass is 352 g/mol. The number of amides is 2. The van der Waals surface area contributed by atoms with Crippen molar-refractivity contribution in [3.8, 4) is 5.75 Å². The molecule has 0 spiro atoms. The molecule has 1 heterocycles. The van der Waals surface area contributed by atoms with Gasteiger partial charge in [-0.1, -0.05) is 24.9 Å². The van der Waals surface area contributed by atoms with Crippen molar-refractivity contribution in [3.05, 3.63) is 29.3 Å². The van der Waals surface area contributed by atoms with Gasteiger partial charge in [0.1, 0.15) is 5.75 Å². The Hall–Kier alpha value is -1.75. The molecule has 0 saturated carbocycles. The van der Waals surface area contributed by atoms with Crippen molar-refractivity contribution in [1.29, 1.82) is 0 Å². The first-order chi connectivity index (χ1) is 11.6. The van der Waals surface area contributed by atoms with E-state index in [-0.39, 0.29) is 24.5 Å². The molecule has 0 unspecified atom stereocenters. The van der Waals surface area contributed by atoms with E-state index in [1.807, 2.05) is 0 Å². The number of hydrogen-bond acceptors (Lipinski definition) is 3. The van der Waals surface area contributed by atoms with Crippen LogP contribution in [-0.2, 0) is 9.59 Å². The summed E-state index contributed by atoms with van der Waals surface area (Å²) in [5, 5.41) is 3.69. The molecule has 24 heavy (non-hydrogen) atoms. The molecular formula is C18H25ClN2O3. The molecule has 0 aliphatic carbocycles. The van der Waals surface area contributed by atoms with Crippen molar-refractivity contribution in [3.63, 3.8) is 0 Å². The number of carbonyl (C=O) groups excluding carboxylic acids is 2. The largest absolute Gasteiger partial charge is 0.484 e. The van der Waals surface area contributed by atoms with Crippen LogP contribution in [0.3, 0.4) is 0 Å². The van der Waals surface area contributed by atoms with E-state index in [1.54, 1.807) is 29.2 Å². The van der Waals surface area contributed by atoms with Crippen LogP contribution in [0.2, 0.25) is 5.02 Å². The number of ether oxygens (including phenoxy) is 1. The van der Waals surface area contributed by atoms with Gasteiger partial charge in [0, 0.05) is 30.6 Å². The zero-order valence-corrected chi connectivity index (χ0v) is 14.8. The van der Waals surface area contributed by atoms with Crippen LogP contribution >= 0.6 is 11.6 Å². The topological polar surface area (TPSA) is 58.6 Å². The summed E-state index contributed by atoms with van der Waals surface area (Å²) in [4.78, 5) is 25.7. The number of carbonyl (C=O) groups is 2. The summed E-state index contributed by atoms with van der Waals surface area (Å²) in [5.41, 5.74) is 0. The first-order valence-electron chi connectivity index (χ1n) is 8.54. The molecule has 0 radical (unpaired) electrons. The number of nitrogens with one attached hydrogen (secondary N) is 1. The minimum absolute atomic E-state index is 0.0230. The van der Waals surface area contributed by atoms with Crippen LogP contribution in [0.25, 0.3) is 0 Å². The number of benzene rings is 1. The van der Waals surface area contributed by atoms with E-state index < -0.39 is 0 Å². The highest BCUT2D eigenvalue weighted by molar-refractivity contribution is 6.30. The minimum atomic E-state index is -0.0271. The third-order valence-corrected chi connectivity index (χ3v) is 4.40. The Labute approximate surface area is 148 Å². The Morgan fingerprint density at radius 1 is 1.25 bits per heavy atom. The van der Waals surface area contributed by atoms with E-state index in [9.17, 15) is 9.59 Å². The van der Waals surface area contributed by atoms with Crippen LogP contribution in [0.4, 0.5) is 0 Å². The summed E-state index contributed by atoms with van der Waals surface area (Å²) in [5.74, 6) is 0.722. The number of piperidine rings is 1. The highest BCUT2D eigenvalue weighted by Gasteiger charge is 2.23. The molecule has 132 valence electrons. The maximum absolute atomic E-state index is 12.2. The first kappa shape index (κ1) is 18.6. The Morgan fingerprint density at radius 3 is 2.54 bits per heavy atom. The molecule has 2 amide bonds. The number of unbranched alkanes of at least 4 members (excludes halogenated alkanes) is 1. The lowest BCUT2D eigenvalue weighted by atomic mass is 10.0. The molecule has 5 nitrogen and oxygen atoms in total. The zero-order valence-electron chi connectivity index (χ0n) is 14.1. The highest BCUT2D eigenvalue weighted by Crippen LogP contribution is 2.16. The van der Waals surface area contributed by atoms with Gasteiger partial charge in [0.05, 0.1) is 0 Å². The molecule has 1 aromatic carbocycles. The molecule has 1 aliphatic heterocycles. The number of likely N-dealkylation sites (tertiary alicyclic amines) is 1. The summed E-state index contributed by atoms with van der Waals surface area (Å²) in [7, 11) is 0. The number of hydrogen-bond donors (Lipinski definition) is 1. The highest BCUT2D eigenvalue weighted by atomic mass is 35.5. The fraction of sp³-hybridized carbons (Fsp3) is 0.556. The Balaban J connectivity index is 1.68. The van der Waals surface area contributed by atoms with Gasteiger partial charge in [-0.05, 0) is 43.5 Å². The van der Waals surface area contributed by atoms with E-state index in [0.29, 0.717) is 30.3 Å². The van der Waals surface area contributed by atoms with Crippen LogP contribution in [0.1, 0.15) is 39.0 Å². The van der Waals surface area contributed by atoms with Gasteiger partial charge in [0.25, 0.3) is 5.91 Å². The molecule has 6 heteroatoms. The fourth-order valence-electron chi connectivity index (χ4n) is 2.68. The van der Waals surface area contributed by atoms with Gasteiger partial charge in [-0.3, -0.25) is 9.59 Å². The summed E-state index contributed by atoms with van der Waals surface area (Å²) in [6, 6.07) is 7.12. The van der Waals surface area contributed by atoms with Crippen molar-refractivity contribution < 1.29 is 14.3 Å². The summed E-state index contributed by atoms with van der Waals surface area (Å²) in [6.45, 7) is 3.40. The second kappa shape index (κ2) is 9.52. The molecule has 0 bridgehead atoms. The summed E-state index contributed by atoms with van der Waals surface area (Å²) < 4.78 is 5.49. The minimum Gasteiger partial charge on any atom is -0.484 e. The van der Waals surface area contributed by atoms with Crippen molar-refractivity contribution in [2.24, 2.45) is 0 Å². The van der Waals surface area contributed by atoms with Gasteiger partial charge in [-0.15, -0.1) is 0 Å². The summed E-state index contributed by atoms with van der Waals surface area (Å²) >= 11 is 5.81. The van der Waals surface area contributed by atoms with E-state index in [2.05, 4.69) is 12.2 Å². The lowest BCUT2D eigenvalue weighted by molar-refractivity contribution is -0.134. The van der Waals surface area contributed by atoms with E-state index in [0.717, 1.165) is 25.7 Å². The Morgan fingerprint density at radius 2 is 1.92 bits per heavy atom. The van der Waals surface area contributed by atoms with E-state index in [1.165, 1.54) is 0 Å². The standard InChI is InChI=1S/C18H25ClN2O3/c1-2-3-4-17(22)20-15-9-11-21(12-10-15)18(23)13-24-16-7-5-14(19)6-8-16/h5-8,15H,2-4,9-13H2,1H3,(H,20,22). The molecule has 1 aliphatic rings.